The zero-order valence-electron chi connectivity index (χ0n) is 14.1. The van der Waals surface area contributed by atoms with Crippen molar-refractivity contribution in [2.45, 2.75) is 27.7 Å². The highest BCUT2D eigenvalue weighted by Crippen LogP contribution is 2.12. The van der Waals surface area contributed by atoms with Crippen LogP contribution in [0.15, 0.2) is 40.7 Å². The number of anilines is 2. The van der Waals surface area contributed by atoms with Gasteiger partial charge in [-0.15, -0.1) is 0 Å². The molecule has 0 amide bonds. The topological polar surface area (TPSA) is 83.6 Å². The molecule has 23 heavy (non-hydrogen) atoms. The van der Waals surface area contributed by atoms with Crippen LogP contribution in [0.2, 0.25) is 0 Å². The smallest absolute Gasteiger partial charge is 0.309 e. The first kappa shape index (κ1) is 18.1. The minimum atomic E-state index is -0.301. The van der Waals surface area contributed by atoms with E-state index in [0.29, 0.717) is 17.1 Å². The molecule has 1 N–H and O–H groups in total. The van der Waals surface area contributed by atoms with E-state index in [1.807, 2.05) is 13.0 Å². The van der Waals surface area contributed by atoms with Gasteiger partial charge in [0.05, 0.1) is 11.6 Å². The first-order chi connectivity index (χ1) is 10.9. The summed E-state index contributed by atoms with van der Waals surface area (Å²) in [5.41, 5.74) is 2.34. The number of nitrogens with one attached hydrogen (secondary N) is 1. The molecule has 0 bridgehead atoms. The number of hydrogen-bond donors (Lipinski definition) is 1. The molecule has 0 unspecified atom stereocenters. The van der Waals surface area contributed by atoms with Crippen molar-refractivity contribution in [3.05, 3.63) is 57.7 Å². The van der Waals surface area contributed by atoms with Gasteiger partial charge < -0.3 is 5.32 Å². The lowest BCUT2D eigenvalue weighted by molar-refractivity contribution is 0.673. The Bertz CT molecular complexity index is 778. The molecular formula is C17H21N5O. The highest BCUT2D eigenvalue weighted by molar-refractivity contribution is 5.56. The molecule has 6 nitrogen and oxygen atoms in total. The van der Waals surface area contributed by atoms with E-state index in [2.05, 4.69) is 35.3 Å². The van der Waals surface area contributed by atoms with Gasteiger partial charge in [0.1, 0.15) is 5.82 Å². The third-order valence-corrected chi connectivity index (χ3v) is 2.92. The Kier molecular flexibility index (Phi) is 6.68. The molecule has 0 saturated carbocycles. The molecule has 0 aliphatic rings. The number of aromatic nitrogens is 3. The van der Waals surface area contributed by atoms with E-state index >= 15 is 0 Å². The van der Waals surface area contributed by atoms with Crippen LogP contribution >= 0.6 is 0 Å². The number of hydrogen-bond acceptors (Lipinski definition) is 5. The number of rotatable bonds is 2. The summed E-state index contributed by atoms with van der Waals surface area (Å²) in [6.07, 6.45) is 2.08. The minimum Gasteiger partial charge on any atom is -0.336 e. The van der Waals surface area contributed by atoms with Crippen molar-refractivity contribution in [2.24, 2.45) is 7.05 Å². The summed E-state index contributed by atoms with van der Waals surface area (Å²) in [5.74, 6) is 0.725. The van der Waals surface area contributed by atoms with E-state index in [0.717, 1.165) is 0 Å². The summed E-state index contributed by atoms with van der Waals surface area (Å²) in [7, 11) is 1.57. The average Bonchev–Trinajstić information content (AvgIpc) is 2.53. The van der Waals surface area contributed by atoms with Crippen molar-refractivity contribution in [1.82, 2.24) is 14.8 Å². The monoisotopic (exact) mass is 311 g/mol. The average molecular weight is 311 g/mol. The fourth-order valence-corrected chi connectivity index (χ4v) is 1.49. The molecule has 1 heterocycles. The third kappa shape index (κ3) is 5.75. The number of aryl methyl sites for hydroxylation is 2. The SMILES string of the molecule is CC=C(C)C.Cc1nc(Nc2ccc(C#N)cc2)c(=O)n(C)n1. The Morgan fingerprint density at radius 1 is 1.30 bits per heavy atom. The van der Waals surface area contributed by atoms with Crippen LogP contribution in [0.5, 0.6) is 0 Å². The molecule has 1 aromatic carbocycles. The van der Waals surface area contributed by atoms with Crippen LogP contribution in [0.1, 0.15) is 32.2 Å². The summed E-state index contributed by atoms with van der Waals surface area (Å²) in [4.78, 5) is 15.8. The van der Waals surface area contributed by atoms with E-state index in [1.165, 1.54) is 10.3 Å². The van der Waals surface area contributed by atoms with E-state index < -0.39 is 0 Å². The number of benzene rings is 1. The molecule has 0 fully saturated rings. The summed E-state index contributed by atoms with van der Waals surface area (Å²) in [6, 6.07) is 8.80. The van der Waals surface area contributed by atoms with Crippen molar-refractivity contribution in [1.29, 1.82) is 5.26 Å². The summed E-state index contributed by atoms with van der Waals surface area (Å²) >= 11 is 0. The lowest BCUT2D eigenvalue weighted by Crippen LogP contribution is -2.24. The van der Waals surface area contributed by atoms with E-state index in [4.69, 9.17) is 5.26 Å². The zero-order valence-corrected chi connectivity index (χ0v) is 14.1. The molecular weight excluding hydrogens is 290 g/mol. The summed E-state index contributed by atoms with van der Waals surface area (Å²) in [5, 5.41) is 15.5. The van der Waals surface area contributed by atoms with Crippen LogP contribution in [0.4, 0.5) is 11.5 Å². The Morgan fingerprint density at radius 2 is 1.87 bits per heavy atom. The molecule has 0 saturated heterocycles. The molecule has 1 aromatic heterocycles. The molecule has 0 atom stereocenters. The molecule has 0 aliphatic heterocycles. The second kappa shape index (κ2) is 8.49. The summed E-state index contributed by atoms with van der Waals surface area (Å²) < 4.78 is 1.23. The van der Waals surface area contributed by atoms with Gasteiger partial charge in [0.2, 0.25) is 5.82 Å². The Balaban J connectivity index is 0.000000463. The van der Waals surface area contributed by atoms with Crippen LogP contribution in [0.25, 0.3) is 0 Å². The van der Waals surface area contributed by atoms with Gasteiger partial charge in [-0.1, -0.05) is 11.6 Å². The molecule has 0 aliphatic carbocycles. The Hall–Kier alpha value is -2.94. The standard InChI is InChI=1S/C12H11N5O.C5H10/c1-8-14-11(12(18)17(2)16-8)15-10-5-3-9(7-13)4-6-10;1-4-5(2)3/h3-6H,1-2H3,(H,14,15,16);4H,1-3H3. The molecule has 120 valence electrons. The predicted octanol–water partition coefficient (Wildman–Crippen LogP) is 3.07. The van der Waals surface area contributed by atoms with Crippen LogP contribution < -0.4 is 10.9 Å². The van der Waals surface area contributed by atoms with Crippen molar-refractivity contribution >= 4 is 11.5 Å². The van der Waals surface area contributed by atoms with Gasteiger partial charge in [0.15, 0.2) is 0 Å². The number of allylic oxidation sites excluding steroid dienone is 2. The highest BCUT2D eigenvalue weighted by atomic mass is 16.1. The summed E-state index contributed by atoms with van der Waals surface area (Å²) in [6.45, 7) is 7.92. The maximum atomic E-state index is 11.8. The highest BCUT2D eigenvalue weighted by Gasteiger charge is 2.05. The lowest BCUT2D eigenvalue weighted by Gasteiger charge is -2.06. The van der Waals surface area contributed by atoms with Crippen molar-refractivity contribution in [3.8, 4) is 6.07 Å². The molecule has 2 aromatic rings. The quantitative estimate of drug-likeness (QED) is 0.862. The minimum absolute atomic E-state index is 0.217. The maximum absolute atomic E-state index is 11.8. The second-order valence-corrected chi connectivity index (χ2v) is 5.12. The van der Waals surface area contributed by atoms with Gasteiger partial charge in [-0.3, -0.25) is 4.79 Å². The van der Waals surface area contributed by atoms with E-state index in [-0.39, 0.29) is 11.4 Å². The van der Waals surface area contributed by atoms with Crippen LogP contribution in [-0.4, -0.2) is 14.8 Å². The van der Waals surface area contributed by atoms with Gasteiger partial charge in [0.25, 0.3) is 0 Å². The molecule has 6 heteroatoms. The Morgan fingerprint density at radius 3 is 2.35 bits per heavy atom. The van der Waals surface area contributed by atoms with Crippen molar-refractivity contribution in [3.63, 3.8) is 0 Å². The third-order valence-electron chi connectivity index (χ3n) is 2.92. The largest absolute Gasteiger partial charge is 0.336 e. The fraction of sp³-hybridized carbons (Fsp3) is 0.294. The molecule has 2 rings (SSSR count). The molecule has 0 radical (unpaired) electrons. The van der Waals surface area contributed by atoms with Crippen molar-refractivity contribution < 1.29 is 0 Å². The molecule has 0 spiro atoms. The zero-order chi connectivity index (χ0) is 17.4. The van der Waals surface area contributed by atoms with E-state index in [1.54, 1.807) is 38.2 Å². The second-order valence-electron chi connectivity index (χ2n) is 5.12. The maximum Gasteiger partial charge on any atom is 0.309 e. The van der Waals surface area contributed by atoms with Gasteiger partial charge in [0, 0.05) is 12.7 Å². The lowest BCUT2D eigenvalue weighted by atomic mass is 10.2. The van der Waals surface area contributed by atoms with E-state index in [9.17, 15) is 4.79 Å². The van der Waals surface area contributed by atoms with Crippen LogP contribution in [-0.2, 0) is 7.05 Å². The van der Waals surface area contributed by atoms with Crippen LogP contribution in [0, 0.1) is 18.3 Å². The first-order valence-corrected chi connectivity index (χ1v) is 7.16. The fourth-order valence-electron chi connectivity index (χ4n) is 1.49. The van der Waals surface area contributed by atoms with Gasteiger partial charge >= 0.3 is 5.56 Å². The van der Waals surface area contributed by atoms with Crippen molar-refractivity contribution in [2.75, 3.05) is 5.32 Å². The number of nitriles is 1. The van der Waals surface area contributed by atoms with Gasteiger partial charge in [-0.05, 0) is 52.0 Å². The number of nitrogens with zero attached hydrogens (tertiary/aromatic N) is 4. The Labute approximate surface area is 136 Å². The van der Waals surface area contributed by atoms with Crippen LogP contribution in [0.3, 0.4) is 0 Å². The van der Waals surface area contributed by atoms with Gasteiger partial charge in [-0.2, -0.15) is 10.4 Å². The predicted molar refractivity (Wildman–Crippen MR) is 91.6 cm³/mol. The normalized spacial score (nSPS) is 9.22. The van der Waals surface area contributed by atoms with Gasteiger partial charge in [-0.25, -0.2) is 9.67 Å². The first-order valence-electron chi connectivity index (χ1n) is 7.16.